The third-order valence-corrected chi connectivity index (χ3v) is 2.45. The molecule has 0 unspecified atom stereocenters. The van der Waals surface area contributed by atoms with E-state index >= 15 is 0 Å². The summed E-state index contributed by atoms with van der Waals surface area (Å²) in [5.41, 5.74) is 6.48. The van der Waals surface area contributed by atoms with Crippen LogP contribution in [0.5, 0.6) is 0 Å². The van der Waals surface area contributed by atoms with Gasteiger partial charge in [-0.3, -0.25) is 0 Å². The molecule has 0 aliphatic heterocycles. The van der Waals surface area contributed by atoms with Crippen molar-refractivity contribution in [1.82, 2.24) is 4.98 Å². The van der Waals surface area contributed by atoms with Gasteiger partial charge in [-0.2, -0.15) is 0 Å². The van der Waals surface area contributed by atoms with E-state index in [-0.39, 0.29) is 0 Å². The highest BCUT2D eigenvalue weighted by Gasteiger charge is 1.99. The van der Waals surface area contributed by atoms with E-state index in [4.69, 9.17) is 17.3 Å². The molecule has 0 saturated carbocycles. The number of nitrogens with two attached hydrogens (primary N) is 1. The second-order valence-corrected chi connectivity index (χ2v) is 3.53. The van der Waals surface area contributed by atoms with E-state index in [1.807, 2.05) is 0 Å². The van der Waals surface area contributed by atoms with Crippen molar-refractivity contribution in [3.05, 3.63) is 16.1 Å². The number of aromatic nitrogens is 1. The van der Waals surface area contributed by atoms with Crippen molar-refractivity contribution in [1.29, 1.82) is 0 Å². The Labute approximate surface area is 75.4 Å². The summed E-state index contributed by atoms with van der Waals surface area (Å²) in [6, 6.07) is 0. The fraction of sp³-hybridized carbons (Fsp3) is 0.571. The van der Waals surface area contributed by atoms with Crippen molar-refractivity contribution >= 4 is 22.9 Å². The van der Waals surface area contributed by atoms with Gasteiger partial charge in [0.25, 0.3) is 0 Å². The Balaban J connectivity index is 2.51. The van der Waals surface area contributed by atoms with Gasteiger partial charge >= 0.3 is 0 Å². The summed E-state index contributed by atoms with van der Waals surface area (Å²) in [5.74, 6) is 0.648. The van der Waals surface area contributed by atoms with E-state index in [1.165, 1.54) is 0 Å². The smallest absolute Gasteiger partial charge is 0.0940 e. The Morgan fingerprint density at radius 1 is 1.55 bits per heavy atom. The summed E-state index contributed by atoms with van der Waals surface area (Å²) in [4.78, 5) is 4.34. The van der Waals surface area contributed by atoms with Gasteiger partial charge in [-0.05, 0) is 6.54 Å². The van der Waals surface area contributed by atoms with Crippen molar-refractivity contribution in [2.45, 2.75) is 12.8 Å². The fourth-order valence-corrected chi connectivity index (χ4v) is 1.93. The van der Waals surface area contributed by atoms with Crippen LogP contribution in [-0.4, -0.2) is 17.4 Å². The monoisotopic (exact) mass is 190 g/mol. The summed E-state index contributed by atoms with van der Waals surface area (Å²) < 4.78 is 0. The topological polar surface area (TPSA) is 38.9 Å². The maximum Gasteiger partial charge on any atom is 0.0940 e. The summed E-state index contributed by atoms with van der Waals surface area (Å²) in [6.45, 7) is 0.671. The van der Waals surface area contributed by atoms with E-state index < -0.39 is 0 Å². The molecule has 2 nitrogen and oxygen atoms in total. The lowest BCUT2D eigenvalue weighted by atomic mass is 10.3. The Kier molecular flexibility index (Phi) is 3.83. The Morgan fingerprint density at radius 2 is 2.36 bits per heavy atom. The normalized spacial score (nSPS) is 10.4. The lowest BCUT2D eigenvalue weighted by molar-refractivity contribution is 0.919. The molecule has 4 heteroatoms. The largest absolute Gasteiger partial charge is 0.330 e. The third-order valence-electron chi connectivity index (χ3n) is 1.31. The molecule has 0 amide bonds. The van der Waals surface area contributed by atoms with Gasteiger partial charge in [0.1, 0.15) is 0 Å². The first kappa shape index (κ1) is 8.97. The maximum absolute atomic E-state index is 5.56. The lowest BCUT2D eigenvalue weighted by Crippen LogP contribution is -2.02. The van der Waals surface area contributed by atoms with Crippen LogP contribution in [0.2, 0.25) is 0 Å². The first-order valence-corrected chi connectivity index (χ1v) is 4.97. The van der Waals surface area contributed by atoms with Crippen molar-refractivity contribution in [3.8, 4) is 0 Å². The summed E-state index contributed by atoms with van der Waals surface area (Å²) in [5, 5.41) is 3.16. The molecule has 2 N–H and O–H groups in total. The number of thiazole rings is 1. The van der Waals surface area contributed by atoms with Gasteiger partial charge in [0.05, 0.1) is 10.7 Å². The molecule has 0 radical (unpaired) electrons. The Bertz CT molecular complexity index is 191. The minimum Gasteiger partial charge on any atom is -0.330 e. The van der Waals surface area contributed by atoms with E-state index in [2.05, 4.69) is 10.4 Å². The highest BCUT2D eigenvalue weighted by molar-refractivity contribution is 7.09. The molecule has 1 aromatic rings. The van der Waals surface area contributed by atoms with Gasteiger partial charge < -0.3 is 5.73 Å². The first-order valence-electron chi connectivity index (χ1n) is 3.56. The van der Waals surface area contributed by atoms with Crippen LogP contribution in [0.1, 0.15) is 10.7 Å². The maximum atomic E-state index is 5.56. The zero-order valence-corrected chi connectivity index (χ0v) is 7.79. The van der Waals surface area contributed by atoms with Crippen molar-refractivity contribution in [2.24, 2.45) is 5.73 Å². The predicted octanol–water partition coefficient (Wildman–Crippen LogP) is 1.43. The average molecular weight is 191 g/mol. The first-order chi connectivity index (χ1) is 5.36. The second-order valence-electron chi connectivity index (χ2n) is 2.21. The molecule has 11 heavy (non-hydrogen) atoms. The molecule has 0 spiro atoms. The third kappa shape index (κ3) is 2.77. The number of aryl methyl sites for hydroxylation is 1. The van der Waals surface area contributed by atoms with E-state index in [1.54, 1.807) is 11.3 Å². The van der Waals surface area contributed by atoms with E-state index in [9.17, 15) is 0 Å². The van der Waals surface area contributed by atoms with E-state index in [0.29, 0.717) is 12.4 Å². The molecule has 0 aliphatic rings. The van der Waals surface area contributed by atoms with Gasteiger partial charge in [0.15, 0.2) is 0 Å². The molecule has 62 valence electrons. The summed E-state index contributed by atoms with van der Waals surface area (Å²) >= 11 is 7.23. The molecule has 0 saturated heterocycles. The fourth-order valence-electron chi connectivity index (χ4n) is 0.807. The van der Waals surface area contributed by atoms with Gasteiger partial charge in [0, 0.05) is 24.1 Å². The zero-order chi connectivity index (χ0) is 8.10. The van der Waals surface area contributed by atoms with Crippen LogP contribution >= 0.6 is 22.9 Å². The molecule has 1 heterocycles. The van der Waals surface area contributed by atoms with Crippen LogP contribution in [-0.2, 0) is 12.8 Å². The lowest BCUT2D eigenvalue weighted by Gasteiger charge is -1.89. The number of rotatable bonds is 4. The van der Waals surface area contributed by atoms with E-state index in [0.717, 1.165) is 23.5 Å². The summed E-state index contributed by atoms with van der Waals surface area (Å²) in [6.07, 6.45) is 1.75. The van der Waals surface area contributed by atoms with Gasteiger partial charge in [-0.1, -0.05) is 0 Å². The highest BCUT2D eigenvalue weighted by atomic mass is 35.5. The molecule has 1 rings (SSSR count). The van der Waals surface area contributed by atoms with Crippen LogP contribution in [0.25, 0.3) is 0 Å². The number of alkyl halides is 1. The highest BCUT2D eigenvalue weighted by Crippen LogP contribution is 2.10. The average Bonchev–Trinajstić information content (AvgIpc) is 2.38. The molecular formula is C7H11ClN2S. The molecule has 0 fully saturated rings. The van der Waals surface area contributed by atoms with Crippen LogP contribution in [0, 0.1) is 0 Å². The standard InChI is InChI=1S/C7H11ClN2S/c8-3-1-7-10-6(2-4-9)5-11-7/h5H,1-4,9H2. The number of hydrogen-bond donors (Lipinski definition) is 1. The molecule has 0 atom stereocenters. The number of halogens is 1. The minimum absolute atomic E-state index is 0.648. The number of hydrogen-bond acceptors (Lipinski definition) is 3. The molecule has 0 aromatic carbocycles. The Morgan fingerprint density at radius 3 is 3.00 bits per heavy atom. The Hall–Kier alpha value is -0.120. The number of nitrogens with zero attached hydrogens (tertiary/aromatic N) is 1. The van der Waals surface area contributed by atoms with Crippen molar-refractivity contribution < 1.29 is 0 Å². The van der Waals surface area contributed by atoms with Crippen molar-refractivity contribution in [3.63, 3.8) is 0 Å². The van der Waals surface area contributed by atoms with Gasteiger partial charge in [-0.25, -0.2) is 4.98 Å². The molecule has 0 bridgehead atoms. The molecule has 0 aliphatic carbocycles. The minimum atomic E-state index is 0.648. The zero-order valence-electron chi connectivity index (χ0n) is 6.22. The SMILES string of the molecule is NCCc1csc(CCCl)n1. The molecule has 1 aromatic heterocycles. The molecular weight excluding hydrogens is 180 g/mol. The van der Waals surface area contributed by atoms with Gasteiger partial charge in [0.2, 0.25) is 0 Å². The van der Waals surface area contributed by atoms with Gasteiger partial charge in [-0.15, -0.1) is 22.9 Å². The van der Waals surface area contributed by atoms with Crippen molar-refractivity contribution in [2.75, 3.05) is 12.4 Å². The quantitative estimate of drug-likeness (QED) is 0.730. The van der Waals surface area contributed by atoms with Crippen LogP contribution in [0.15, 0.2) is 5.38 Å². The summed E-state index contributed by atoms with van der Waals surface area (Å²) in [7, 11) is 0. The van der Waals surface area contributed by atoms with Crippen LogP contribution in [0.4, 0.5) is 0 Å². The van der Waals surface area contributed by atoms with Crippen LogP contribution in [0.3, 0.4) is 0 Å². The second kappa shape index (κ2) is 4.70. The van der Waals surface area contributed by atoms with Crippen LogP contribution < -0.4 is 5.73 Å². The predicted molar refractivity (Wildman–Crippen MR) is 49.3 cm³/mol.